The van der Waals surface area contributed by atoms with Gasteiger partial charge in [-0.25, -0.2) is 0 Å². The molecular formula is C25H46O4Si. The van der Waals surface area contributed by atoms with E-state index in [1.54, 1.807) is 0 Å². The lowest BCUT2D eigenvalue weighted by Gasteiger charge is -2.43. The molecule has 30 heavy (non-hydrogen) atoms. The summed E-state index contributed by atoms with van der Waals surface area (Å²) in [6, 6.07) is 0. The van der Waals surface area contributed by atoms with Crippen LogP contribution in [0.3, 0.4) is 0 Å². The lowest BCUT2D eigenvalue weighted by Crippen LogP contribution is -2.49. The fraction of sp³-hybridized carbons (Fsp3) is 0.840. The molecule has 0 amide bonds. The van der Waals surface area contributed by atoms with Gasteiger partial charge in [-0.05, 0) is 56.7 Å². The third kappa shape index (κ3) is 9.24. The Morgan fingerprint density at radius 2 is 1.90 bits per heavy atom. The minimum atomic E-state index is -1.96. The van der Waals surface area contributed by atoms with Crippen molar-refractivity contribution in [1.29, 1.82) is 0 Å². The summed E-state index contributed by atoms with van der Waals surface area (Å²) >= 11 is 0. The van der Waals surface area contributed by atoms with Crippen molar-refractivity contribution in [2.75, 3.05) is 13.2 Å². The highest BCUT2D eigenvalue weighted by molar-refractivity contribution is 6.74. The second-order valence-corrected chi connectivity index (χ2v) is 15.0. The first-order valence-corrected chi connectivity index (χ1v) is 14.5. The van der Waals surface area contributed by atoms with E-state index in [9.17, 15) is 5.11 Å². The molecule has 1 rings (SSSR count). The van der Waals surface area contributed by atoms with Crippen molar-refractivity contribution in [3.63, 3.8) is 0 Å². The molecule has 0 bridgehead atoms. The van der Waals surface area contributed by atoms with Crippen LogP contribution < -0.4 is 0 Å². The average molecular weight is 439 g/mol. The molecule has 5 atom stereocenters. The van der Waals surface area contributed by atoms with Crippen LogP contribution in [0.2, 0.25) is 18.1 Å². The standard InChI is InChI=1S/C25H46O4Si/c1-9-10-16-22(26)21(3)24(29-30(7,8)25(4,5)6)20(2)15-11-13-18-27-23-17-12-14-19-28-23/h11,13,20-24,26H,12,14-19H2,1-8H3/b13-11+/t20-,21-,22+,23?,24-/m1/s1. The lowest BCUT2D eigenvalue weighted by molar-refractivity contribution is -0.155. The molecule has 0 aliphatic carbocycles. The van der Waals surface area contributed by atoms with E-state index >= 15 is 0 Å². The molecule has 0 spiro atoms. The maximum absolute atomic E-state index is 10.7. The number of allylic oxidation sites excluding steroid dienone is 1. The molecule has 4 nitrogen and oxygen atoms in total. The van der Waals surface area contributed by atoms with Crippen LogP contribution in [0, 0.1) is 23.7 Å². The Morgan fingerprint density at radius 1 is 1.20 bits per heavy atom. The maximum Gasteiger partial charge on any atom is 0.192 e. The summed E-state index contributed by atoms with van der Waals surface area (Å²) in [5, 5.41) is 10.8. The highest BCUT2D eigenvalue weighted by atomic mass is 28.4. The fourth-order valence-electron chi connectivity index (χ4n) is 3.39. The van der Waals surface area contributed by atoms with Gasteiger partial charge in [0.15, 0.2) is 14.6 Å². The van der Waals surface area contributed by atoms with Crippen LogP contribution in [0.4, 0.5) is 0 Å². The first kappa shape index (κ1) is 27.4. The Hall–Kier alpha value is -0.643. The molecule has 1 aliphatic heterocycles. The SMILES string of the molecule is CC#CC[C@H](O)[C@@H](C)[C@H](O[Si](C)(C)C(C)(C)C)[C@H](C)C/C=C/COC1CCCCO1. The molecule has 1 aliphatic rings. The largest absolute Gasteiger partial charge is 0.413 e. The lowest BCUT2D eigenvalue weighted by atomic mass is 9.86. The van der Waals surface area contributed by atoms with Gasteiger partial charge in [0.05, 0.1) is 18.8 Å². The molecule has 174 valence electrons. The summed E-state index contributed by atoms with van der Waals surface area (Å²) in [7, 11) is -1.96. The number of ether oxygens (including phenoxy) is 2. The molecule has 0 radical (unpaired) electrons. The van der Waals surface area contributed by atoms with Crippen molar-refractivity contribution >= 4 is 8.32 Å². The molecule has 1 N–H and O–H groups in total. The van der Waals surface area contributed by atoms with E-state index in [1.165, 1.54) is 6.42 Å². The summed E-state index contributed by atoms with van der Waals surface area (Å²) in [6.07, 6.45) is 8.42. The molecule has 1 unspecified atom stereocenters. The summed E-state index contributed by atoms with van der Waals surface area (Å²) in [4.78, 5) is 0. The van der Waals surface area contributed by atoms with Gasteiger partial charge in [-0.15, -0.1) is 11.8 Å². The van der Waals surface area contributed by atoms with Crippen molar-refractivity contribution in [3.05, 3.63) is 12.2 Å². The van der Waals surface area contributed by atoms with Crippen LogP contribution in [0.1, 0.15) is 73.6 Å². The first-order valence-electron chi connectivity index (χ1n) is 11.6. The van der Waals surface area contributed by atoms with Gasteiger partial charge in [-0.2, -0.15) is 0 Å². The molecule has 1 saturated heterocycles. The van der Waals surface area contributed by atoms with Crippen molar-refractivity contribution in [3.8, 4) is 11.8 Å². The van der Waals surface area contributed by atoms with E-state index in [1.807, 2.05) is 6.92 Å². The number of aliphatic hydroxyl groups excluding tert-OH is 1. The Bertz CT molecular complexity index is 564. The highest BCUT2D eigenvalue weighted by Gasteiger charge is 2.42. The Balaban J connectivity index is 2.73. The summed E-state index contributed by atoms with van der Waals surface area (Å²) in [5.74, 6) is 6.23. The van der Waals surface area contributed by atoms with Gasteiger partial charge in [0, 0.05) is 18.9 Å². The molecule has 0 aromatic heterocycles. The zero-order chi connectivity index (χ0) is 22.8. The Morgan fingerprint density at radius 3 is 2.47 bits per heavy atom. The van der Waals surface area contributed by atoms with Crippen LogP contribution >= 0.6 is 0 Å². The number of hydrogen-bond acceptors (Lipinski definition) is 4. The van der Waals surface area contributed by atoms with E-state index in [0.29, 0.717) is 18.9 Å². The highest BCUT2D eigenvalue weighted by Crippen LogP contribution is 2.40. The second kappa shape index (κ2) is 13.0. The molecule has 0 saturated carbocycles. The minimum absolute atomic E-state index is 0.00760. The van der Waals surface area contributed by atoms with Crippen LogP contribution in [-0.2, 0) is 13.9 Å². The molecule has 5 heteroatoms. The Kier molecular flexibility index (Phi) is 11.9. The normalized spacial score (nSPS) is 22.2. The van der Waals surface area contributed by atoms with Crippen molar-refractivity contribution in [2.45, 2.75) is 110 Å². The average Bonchev–Trinajstić information content (AvgIpc) is 2.69. The van der Waals surface area contributed by atoms with Gasteiger partial charge in [0.2, 0.25) is 0 Å². The summed E-state index contributed by atoms with van der Waals surface area (Å²) in [6.45, 7) is 18.9. The van der Waals surface area contributed by atoms with Gasteiger partial charge in [0.1, 0.15) is 0 Å². The molecule has 1 fully saturated rings. The van der Waals surface area contributed by atoms with Crippen molar-refractivity contribution in [2.24, 2.45) is 11.8 Å². The van der Waals surface area contributed by atoms with Crippen molar-refractivity contribution in [1.82, 2.24) is 0 Å². The maximum atomic E-state index is 10.7. The van der Waals surface area contributed by atoms with Gasteiger partial charge in [0.25, 0.3) is 0 Å². The van der Waals surface area contributed by atoms with E-state index in [2.05, 4.69) is 71.7 Å². The van der Waals surface area contributed by atoms with Gasteiger partial charge in [-0.1, -0.05) is 46.8 Å². The van der Waals surface area contributed by atoms with Gasteiger partial charge in [-0.3, -0.25) is 0 Å². The Labute approximate surface area is 186 Å². The molecule has 1 heterocycles. The quantitative estimate of drug-likeness (QED) is 0.247. The minimum Gasteiger partial charge on any atom is -0.413 e. The van der Waals surface area contributed by atoms with E-state index in [0.717, 1.165) is 25.9 Å². The second-order valence-electron chi connectivity index (χ2n) is 10.2. The molecule has 0 aromatic carbocycles. The monoisotopic (exact) mass is 438 g/mol. The first-order chi connectivity index (χ1) is 14.0. The van der Waals surface area contributed by atoms with Crippen LogP contribution in [-0.4, -0.2) is 45.1 Å². The third-order valence-corrected chi connectivity index (χ3v) is 11.1. The van der Waals surface area contributed by atoms with Crippen LogP contribution in [0.25, 0.3) is 0 Å². The topological polar surface area (TPSA) is 47.9 Å². The molecular weight excluding hydrogens is 392 g/mol. The predicted octanol–water partition coefficient (Wildman–Crippen LogP) is 5.91. The summed E-state index contributed by atoms with van der Waals surface area (Å²) < 4.78 is 18.2. The number of hydrogen-bond donors (Lipinski definition) is 1. The zero-order valence-corrected chi connectivity index (χ0v) is 21.7. The third-order valence-electron chi connectivity index (χ3n) is 6.60. The molecule has 0 aromatic rings. The van der Waals surface area contributed by atoms with Gasteiger partial charge < -0.3 is 19.0 Å². The van der Waals surface area contributed by atoms with E-state index in [-0.39, 0.29) is 23.4 Å². The van der Waals surface area contributed by atoms with Gasteiger partial charge >= 0.3 is 0 Å². The predicted molar refractivity (Wildman–Crippen MR) is 128 cm³/mol. The number of rotatable bonds is 11. The van der Waals surface area contributed by atoms with E-state index in [4.69, 9.17) is 13.9 Å². The van der Waals surface area contributed by atoms with Crippen molar-refractivity contribution < 1.29 is 19.0 Å². The van der Waals surface area contributed by atoms with Crippen LogP contribution in [0.5, 0.6) is 0 Å². The van der Waals surface area contributed by atoms with Crippen LogP contribution in [0.15, 0.2) is 12.2 Å². The summed E-state index contributed by atoms with van der Waals surface area (Å²) in [5.41, 5.74) is 0. The van der Waals surface area contributed by atoms with E-state index < -0.39 is 14.4 Å². The smallest absolute Gasteiger partial charge is 0.192 e. The fourth-order valence-corrected chi connectivity index (χ4v) is 4.87. The number of aliphatic hydroxyl groups is 1. The zero-order valence-electron chi connectivity index (χ0n) is 20.7.